The molecule has 1 aliphatic carbocycles. The Morgan fingerprint density at radius 3 is 2.06 bits per heavy atom. The van der Waals surface area contributed by atoms with Crippen molar-refractivity contribution in [2.24, 2.45) is 0 Å². The molecule has 1 unspecified atom stereocenters. The molecule has 7 heteroatoms. The fraction of sp³-hybridized carbons (Fsp3) is 0.400. The first kappa shape index (κ1) is 23.3. The van der Waals surface area contributed by atoms with Crippen molar-refractivity contribution in [2.75, 3.05) is 13.2 Å². The lowest BCUT2D eigenvalue weighted by Crippen LogP contribution is -2.50. The Balaban J connectivity index is 1.58. The van der Waals surface area contributed by atoms with Gasteiger partial charge in [0.1, 0.15) is 13.2 Å². The van der Waals surface area contributed by atoms with Crippen LogP contribution in [0, 0.1) is 0 Å². The number of aliphatic carboxylic acids is 1. The minimum Gasteiger partial charge on any atom is -0.480 e. The molecular weight excluding hydrogens is 408 g/mol. The van der Waals surface area contributed by atoms with Crippen LogP contribution >= 0.6 is 0 Å². The monoisotopic (exact) mass is 438 g/mol. The summed E-state index contributed by atoms with van der Waals surface area (Å²) >= 11 is 0. The first-order valence-electron chi connectivity index (χ1n) is 10.7. The molecule has 1 atom stereocenters. The number of benzene rings is 2. The lowest BCUT2D eigenvalue weighted by Gasteiger charge is -2.35. The van der Waals surface area contributed by atoms with Crippen LogP contribution in [-0.2, 0) is 14.3 Å². The average molecular weight is 439 g/mol. The van der Waals surface area contributed by atoms with E-state index in [9.17, 15) is 14.4 Å². The van der Waals surface area contributed by atoms with Crippen LogP contribution in [0.1, 0.15) is 51.2 Å². The predicted octanol–water partition coefficient (Wildman–Crippen LogP) is 4.02. The third-order valence-corrected chi connectivity index (χ3v) is 5.59. The summed E-state index contributed by atoms with van der Waals surface area (Å²) in [6.45, 7) is 6.82. The molecule has 0 saturated carbocycles. The maximum absolute atomic E-state index is 12.6. The van der Waals surface area contributed by atoms with Crippen LogP contribution in [0.2, 0.25) is 0 Å². The third-order valence-electron chi connectivity index (χ3n) is 5.59. The second kappa shape index (κ2) is 9.42. The Labute approximate surface area is 188 Å². The van der Waals surface area contributed by atoms with E-state index in [1.165, 1.54) is 4.90 Å². The summed E-state index contributed by atoms with van der Waals surface area (Å²) in [5.41, 5.74) is 3.91. The van der Waals surface area contributed by atoms with Gasteiger partial charge in [-0.2, -0.15) is 0 Å². The molecule has 0 heterocycles. The fourth-order valence-electron chi connectivity index (χ4n) is 4.10. The zero-order valence-corrected chi connectivity index (χ0v) is 18.9. The minimum atomic E-state index is -1.08. The maximum Gasteiger partial charge on any atom is 0.407 e. The first-order chi connectivity index (χ1) is 15.1. The number of hydrogen-bond acceptors (Lipinski definition) is 4. The smallest absolute Gasteiger partial charge is 0.407 e. The molecule has 0 saturated heterocycles. The number of rotatable bonds is 7. The van der Waals surface area contributed by atoms with Crippen molar-refractivity contribution < 1.29 is 24.2 Å². The highest BCUT2D eigenvalue weighted by Crippen LogP contribution is 2.44. The number of nitrogens with zero attached hydrogens (tertiary/aromatic N) is 1. The van der Waals surface area contributed by atoms with Gasteiger partial charge in [-0.3, -0.25) is 9.59 Å². The summed E-state index contributed by atoms with van der Waals surface area (Å²) < 4.78 is 5.52. The van der Waals surface area contributed by atoms with Crippen molar-refractivity contribution in [3.05, 3.63) is 59.7 Å². The molecule has 2 aromatic rings. The molecule has 0 bridgehead atoms. The van der Waals surface area contributed by atoms with Gasteiger partial charge in [-0.15, -0.1) is 0 Å². The van der Waals surface area contributed by atoms with E-state index < -0.39 is 23.6 Å². The Morgan fingerprint density at radius 2 is 1.56 bits per heavy atom. The highest BCUT2D eigenvalue weighted by molar-refractivity contribution is 5.83. The van der Waals surface area contributed by atoms with E-state index in [0.717, 1.165) is 22.3 Å². The summed E-state index contributed by atoms with van der Waals surface area (Å²) in [5, 5.41) is 11.8. The van der Waals surface area contributed by atoms with Gasteiger partial charge in [0, 0.05) is 23.9 Å². The largest absolute Gasteiger partial charge is 0.480 e. The van der Waals surface area contributed by atoms with Gasteiger partial charge in [-0.05, 0) is 49.9 Å². The number of carbonyl (C=O) groups is 3. The summed E-state index contributed by atoms with van der Waals surface area (Å²) in [6.07, 6.45) is -0.623. The highest BCUT2D eigenvalue weighted by atomic mass is 16.5. The zero-order chi connectivity index (χ0) is 23.5. The van der Waals surface area contributed by atoms with Crippen molar-refractivity contribution in [1.82, 2.24) is 10.2 Å². The highest BCUT2D eigenvalue weighted by Gasteiger charge is 2.31. The van der Waals surface area contributed by atoms with Crippen LogP contribution in [0.5, 0.6) is 0 Å². The van der Waals surface area contributed by atoms with E-state index in [2.05, 4.69) is 17.4 Å². The molecule has 0 fully saturated rings. The van der Waals surface area contributed by atoms with Gasteiger partial charge in [-0.25, -0.2) is 4.79 Å². The van der Waals surface area contributed by atoms with Gasteiger partial charge >= 0.3 is 12.1 Å². The summed E-state index contributed by atoms with van der Waals surface area (Å²) in [6, 6.07) is 15.7. The topological polar surface area (TPSA) is 95.9 Å². The van der Waals surface area contributed by atoms with E-state index in [0.29, 0.717) is 0 Å². The average Bonchev–Trinajstić information content (AvgIpc) is 3.03. The van der Waals surface area contributed by atoms with Crippen LogP contribution < -0.4 is 5.32 Å². The molecule has 0 aromatic heterocycles. The molecule has 2 N–H and O–H groups in total. The number of hydrogen-bond donors (Lipinski definition) is 2. The van der Waals surface area contributed by atoms with Gasteiger partial charge in [0.05, 0.1) is 0 Å². The predicted molar refractivity (Wildman–Crippen MR) is 121 cm³/mol. The van der Waals surface area contributed by atoms with Crippen LogP contribution in [0.4, 0.5) is 4.79 Å². The lowest BCUT2D eigenvalue weighted by molar-refractivity contribution is -0.148. The molecule has 170 valence electrons. The Morgan fingerprint density at radius 1 is 1.03 bits per heavy atom. The number of carboxylic acids is 1. The number of fused-ring (bicyclic) bond motifs is 3. The van der Waals surface area contributed by atoms with Gasteiger partial charge in [0.25, 0.3) is 0 Å². The van der Waals surface area contributed by atoms with Crippen LogP contribution in [0.15, 0.2) is 48.5 Å². The second-order valence-electron chi connectivity index (χ2n) is 9.12. The lowest BCUT2D eigenvalue weighted by atomic mass is 9.98. The zero-order valence-electron chi connectivity index (χ0n) is 18.9. The van der Waals surface area contributed by atoms with E-state index in [1.807, 2.05) is 36.4 Å². The number of alkyl carbamates (subject to hydrolysis) is 1. The summed E-state index contributed by atoms with van der Waals surface area (Å²) in [7, 11) is 0. The molecule has 7 nitrogen and oxygen atoms in total. The maximum atomic E-state index is 12.6. The van der Waals surface area contributed by atoms with Gasteiger partial charge < -0.3 is 20.1 Å². The summed E-state index contributed by atoms with van der Waals surface area (Å²) in [4.78, 5) is 37.5. The van der Waals surface area contributed by atoms with Crippen molar-refractivity contribution in [1.29, 1.82) is 0 Å². The number of carbonyl (C=O) groups excluding carboxylic acids is 2. The van der Waals surface area contributed by atoms with Crippen LogP contribution in [0.25, 0.3) is 11.1 Å². The van der Waals surface area contributed by atoms with E-state index in [-0.39, 0.29) is 31.4 Å². The van der Waals surface area contributed by atoms with Crippen molar-refractivity contribution in [3.8, 4) is 11.1 Å². The standard InChI is InChI=1S/C25H30N2O5/c1-16(13-22(28)27(14-23(29)30)25(2,3)4)26-24(31)32-15-21-19-11-7-5-9-17(19)18-10-6-8-12-20(18)21/h5-12,16,21H,13-15H2,1-4H3,(H,26,31)(H,29,30). The third kappa shape index (κ3) is 5.28. The van der Waals surface area contributed by atoms with E-state index >= 15 is 0 Å². The Bertz CT molecular complexity index is 966. The number of carboxylic acid groups (broad SMARTS) is 1. The molecule has 2 amide bonds. The first-order valence-corrected chi connectivity index (χ1v) is 10.7. The molecular formula is C25H30N2O5. The second-order valence-corrected chi connectivity index (χ2v) is 9.12. The van der Waals surface area contributed by atoms with Crippen molar-refractivity contribution >= 4 is 18.0 Å². The van der Waals surface area contributed by atoms with E-state index in [4.69, 9.17) is 9.84 Å². The van der Waals surface area contributed by atoms with Gasteiger partial charge in [-0.1, -0.05) is 48.5 Å². The molecule has 0 spiro atoms. The number of ether oxygens (including phenoxy) is 1. The quantitative estimate of drug-likeness (QED) is 0.681. The number of amides is 2. The van der Waals surface area contributed by atoms with E-state index in [1.54, 1.807) is 27.7 Å². The molecule has 32 heavy (non-hydrogen) atoms. The summed E-state index contributed by atoms with van der Waals surface area (Å²) in [5.74, 6) is -1.46. The minimum absolute atomic E-state index is 0.0191. The van der Waals surface area contributed by atoms with Gasteiger partial charge in [0.2, 0.25) is 5.91 Å². The fourth-order valence-corrected chi connectivity index (χ4v) is 4.10. The molecule has 0 radical (unpaired) electrons. The molecule has 2 aromatic carbocycles. The van der Waals surface area contributed by atoms with Crippen LogP contribution in [0.3, 0.4) is 0 Å². The van der Waals surface area contributed by atoms with Gasteiger partial charge in [0.15, 0.2) is 0 Å². The molecule has 1 aliphatic rings. The molecule has 0 aliphatic heterocycles. The van der Waals surface area contributed by atoms with Crippen molar-refractivity contribution in [2.45, 2.75) is 51.6 Å². The number of nitrogens with one attached hydrogen (secondary N) is 1. The van der Waals surface area contributed by atoms with Crippen LogP contribution in [-0.4, -0.2) is 52.7 Å². The normalized spacial score (nSPS) is 13.6. The Hall–Kier alpha value is -3.35. The van der Waals surface area contributed by atoms with Crippen molar-refractivity contribution in [3.63, 3.8) is 0 Å². The molecule has 3 rings (SSSR count). The Kier molecular flexibility index (Phi) is 6.87. The SMILES string of the molecule is CC(CC(=O)N(CC(=O)O)C(C)(C)C)NC(=O)OCC1c2ccccc2-c2ccccc21.